The summed E-state index contributed by atoms with van der Waals surface area (Å²) >= 11 is 5.74. The monoisotopic (exact) mass is 194 g/mol. The van der Waals surface area contributed by atoms with Gasteiger partial charge in [-0.05, 0) is 18.1 Å². The molecular formula is C2H8ClO2PS2. The van der Waals surface area contributed by atoms with Crippen LogP contribution in [-0.2, 0) is 16.3 Å². The van der Waals surface area contributed by atoms with E-state index < -0.39 is 5.69 Å². The second-order valence-electron chi connectivity index (χ2n) is 0.834. The third-order valence-electron chi connectivity index (χ3n) is 0.461. The van der Waals surface area contributed by atoms with Crippen molar-refractivity contribution in [3.63, 3.8) is 0 Å². The molecule has 0 spiro atoms. The first-order valence-electron chi connectivity index (χ1n) is 1.56. The maximum absolute atomic E-state index is 8.80. The van der Waals surface area contributed by atoms with Crippen molar-refractivity contribution < 1.29 is 9.42 Å². The number of hydrogen-bond acceptors (Lipinski definition) is 3. The standard InChI is InChI=1S/C2H7O2PS2.ClH/c1-4-5(3,6)7-2;/h1-2H3,(H,3,6);1H. The lowest BCUT2D eigenvalue weighted by Gasteiger charge is -2.05. The first-order valence-corrected chi connectivity index (χ1v) is 6.07. The Morgan fingerprint density at radius 1 is 1.75 bits per heavy atom. The summed E-state index contributed by atoms with van der Waals surface area (Å²) in [6.07, 6.45) is 1.73. The van der Waals surface area contributed by atoms with Gasteiger partial charge in [-0.15, -0.1) is 12.4 Å². The van der Waals surface area contributed by atoms with E-state index in [0.29, 0.717) is 0 Å². The zero-order chi connectivity index (χ0) is 5.91. The molecule has 52 valence electrons. The van der Waals surface area contributed by atoms with Crippen molar-refractivity contribution in [3.05, 3.63) is 0 Å². The summed E-state index contributed by atoms with van der Waals surface area (Å²) in [5.74, 6) is 0. The topological polar surface area (TPSA) is 29.5 Å². The molecule has 0 amide bonds. The number of rotatable bonds is 2. The van der Waals surface area contributed by atoms with Gasteiger partial charge in [0.25, 0.3) is 0 Å². The minimum Gasteiger partial charge on any atom is -0.337 e. The molecule has 8 heavy (non-hydrogen) atoms. The highest BCUT2D eigenvalue weighted by Gasteiger charge is 2.05. The Balaban J connectivity index is 0. The molecule has 0 aliphatic rings. The predicted molar refractivity (Wildman–Crippen MR) is 44.3 cm³/mol. The summed E-state index contributed by atoms with van der Waals surface area (Å²) in [4.78, 5) is 8.80. The molecule has 6 heteroatoms. The SMILES string of the molecule is COP(O)(=S)SC.Cl. The van der Waals surface area contributed by atoms with Crippen molar-refractivity contribution in [1.82, 2.24) is 0 Å². The van der Waals surface area contributed by atoms with Gasteiger partial charge in [-0.1, -0.05) is 11.4 Å². The van der Waals surface area contributed by atoms with E-state index in [1.165, 1.54) is 18.5 Å². The van der Waals surface area contributed by atoms with Crippen LogP contribution in [0.3, 0.4) is 0 Å². The van der Waals surface area contributed by atoms with Gasteiger partial charge in [-0.25, -0.2) is 0 Å². The number of hydrogen-bond donors (Lipinski definition) is 1. The van der Waals surface area contributed by atoms with E-state index in [0.717, 1.165) is 0 Å². The van der Waals surface area contributed by atoms with Gasteiger partial charge in [0, 0.05) is 7.11 Å². The average molecular weight is 195 g/mol. The van der Waals surface area contributed by atoms with E-state index >= 15 is 0 Å². The van der Waals surface area contributed by atoms with E-state index in [-0.39, 0.29) is 12.4 Å². The highest BCUT2D eigenvalue weighted by Crippen LogP contribution is 2.53. The maximum Gasteiger partial charge on any atom is 0.244 e. The fourth-order valence-electron chi connectivity index (χ4n) is 0.0745. The zero-order valence-electron chi connectivity index (χ0n) is 4.53. The van der Waals surface area contributed by atoms with Gasteiger partial charge in [-0.3, -0.25) is 0 Å². The summed E-state index contributed by atoms with van der Waals surface area (Å²) in [6.45, 7) is 0. The Hall–Kier alpha value is 1.21. The molecule has 0 aromatic rings. The Kier molecular flexibility index (Phi) is 7.51. The van der Waals surface area contributed by atoms with Crippen molar-refractivity contribution in [3.8, 4) is 0 Å². The van der Waals surface area contributed by atoms with E-state index in [4.69, 9.17) is 4.89 Å². The van der Waals surface area contributed by atoms with Crippen molar-refractivity contribution in [2.45, 2.75) is 0 Å². The van der Waals surface area contributed by atoms with Crippen LogP contribution < -0.4 is 0 Å². The van der Waals surface area contributed by atoms with Crippen LogP contribution >= 0.6 is 29.5 Å². The molecule has 0 aromatic heterocycles. The van der Waals surface area contributed by atoms with Gasteiger partial charge in [0.1, 0.15) is 0 Å². The molecule has 0 aromatic carbocycles. The summed E-state index contributed by atoms with van der Waals surface area (Å²) in [5.41, 5.74) is -2.40. The lowest BCUT2D eigenvalue weighted by atomic mass is 11.8. The van der Waals surface area contributed by atoms with E-state index in [1.807, 2.05) is 0 Å². The van der Waals surface area contributed by atoms with Gasteiger partial charge < -0.3 is 9.42 Å². The van der Waals surface area contributed by atoms with Gasteiger partial charge in [0.15, 0.2) is 0 Å². The molecule has 0 saturated heterocycles. The van der Waals surface area contributed by atoms with Crippen molar-refractivity contribution >= 4 is 41.3 Å². The minimum atomic E-state index is -2.40. The quantitative estimate of drug-likeness (QED) is 0.677. The van der Waals surface area contributed by atoms with E-state index in [9.17, 15) is 0 Å². The highest BCUT2D eigenvalue weighted by molar-refractivity contribution is 8.67. The van der Waals surface area contributed by atoms with Crippen molar-refractivity contribution in [2.75, 3.05) is 13.4 Å². The zero-order valence-corrected chi connectivity index (χ0v) is 7.87. The highest BCUT2D eigenvalue weighted by atomic mass is 35.5. The molecular weight excluding hydrogens is 187 g/mol. The molecule has 0 fully saturated rings. The summed E-state index contributed by atoms with van der Waals surface area (Å²) < 4.78 is 4.53. The van der Waals surface area contributed by atoms with Crippen LogP contribution in [0.1, 0.15) is 0 Å². The first-order chi connectivity index (χ1) is 3.12. The molecule has 0 rings (SSSR count). The third-order valence-corrected chi connectivity index (χ3v) is 5.00. The largest absolute Gasteiger partial charge is 0.337 e. The van der Waals surface area contributed by atoms with Gasteiger partial charge >= 0.3 is 0 Å². The summed E-state index contributed by atoms with van der Waals surface area (Å²) in [6, 6.07) is 0. The molecule has 0 radical (unpaired) electrons. The van der Waals surface area contributed by atoms with E-state index in [2.05, 4.69) is 16.3 Å². The van der Waals surface area contributed by atoms with Gasteiger partial charge in [0.05, 0.1) is 0 Å². The Bertz CT molecular complexity index is 90.0. The van der Waals surface area contributed by atoms with Crippen molar-refractivity contribution in [2.24, 2.45) is 0 Å². The average Bonchev–Trinajstić information content (AvgIpc) is 1.68. The van der Waals surface area contributed by atoms with Crippen LogP contribution in [0.5, 0.6) is 0 Å². The normalized spacial score (nSPS) is 16.4. The van der Waals surface area contributed by atoms with Crippen LogP contribution in [0.4, 0.5) is 0 Å². The summed E-state index contributed by atoms with van der Waals surface area (Å²) in [7, 11) is 1.41. The van der Waals surface area contributed by atoms with Gasteiger partial charge in [-0.2, -0.15) is 0 Å². The Morgan fingerprint density at radius 3 is 2.12 bits per heavy atom. The fraction of sp³-hybridized carbons (Fsp3) is 1.00. The van der Waals surface area contributed by atoms with Crippen LogP contribution in [-0.4, -0.2) is 18.3 Å². The Morgan fingerprint density at radius 2 is 2.12 bits per heavy atom. The van der Waals surface area contributed by atoms with Crippen LogP contribution in [0.25, 0.3) is 0 Å². The molecule has 1 atom stereocenters. The van der Waals surface area contributed by atoms with Crippen LogP contribution in [0, 0.1) is 0 Å². The van der Waals surface area contributed by atoms with Crippen molar-refractivity contribution in [1.29, 1.82) is 0 Å². The predicted octanol–water partition coefficient (Wildman–Crippen LogP) is 1.63. The molecule has 2 nitrogen and oxygen atoms in total. The molecule has 0 saturated carbocycles. The lowest BCUT2D eigenvalue weighted by molar-refractivity contribution is 0.405. The first kappa shape index (κ1) is 11.9. The second-order valence-corrected chi connectivity index (χ2v) is 7.26. The fourth-order valence-corrected chi connectivity index (χ4v) is 0.671. The molecule has 0 aliphatic heterocycles. The smallest absolute Gasteiger partial charge is 0.244 e. The molecule has 1 unspecified atom stereocenters. The maximum atomic E-state index is 8.80. The van der Waals surface area contributed by atoms with E-state index in [1.54, 1.807) is 6.26 Å². The Labute approximate surface area is 64.3 Å². The minimum absolute atomic E-state index is 0. The summed E-state index contributed by atoms with van der Waals surface area (Å²) in [5, 5.41) is 0. The molecule has 1 N–H and O–H groups in total. The molecule has 0 heterocycles. The molecule has 0 bridgehead atoms. The number of halogens is 1. The van der Waals surface area contributed by atoms with Crippen LogP contribution in [0.15, 0.2) is 0 Å². The van der Waals surface area contributed by atoms with Crippen LogP contribution in [0.2, 0.25) is 0 Å². The second kappa shape index (κ2) is 5.03. The lowest BCUT2D eigenvalue weighted by Crippen LogP contribution is -1.72. The third kappa shape index (κ3) is 5.35. The van der Waals surface area contributed by atoms with Gasteiger partial charge in [0.2, 0.25) is 5.69 Å². The molecule has 0 aliphatic carbocycles.